The third-order valence-corrected chi connectivity index (χ3v) is 3.82. The van der Waals surface area contributed by atoms with Gasteiger partial charge in [0.05, 0.1) is 0 Å². The second kappa shape index (κ2) is 5.98. The van der Waals surface area contributed by atoms with E-state index in [1.165, 1.54) is 0 Å². The summed E-state index contributed by atoms with van der Waals surface area (Å²) in [6.07, 6.45) is -0.811. The highest BCUT2D eigenvalue weighted by atomic mass is 19.4. The maximum Gasteiger partial charge on any atom is 0.400 e. The number of nitrogens with zero attached hydrogens (tertiary/aromatic N) is 1. The van der Waals surface area contributed by atoms with Crippen molar-refractivity contribution in [2.24, 2.45) is 22.2 Å². The van der Waals surface area contributed by atoms with Crippen LogP contribution in [0.15, 0.2) is 5.16 Å². The third-order valence-electron chi connectivity index (χ3n) is 3.82. The quantitative estimate of drug-likeness (QED) is 0.321. The number of alkyl halides is 3. The molecule has 1 rings (SSSR count). The van der Waals surface area contributed by atoms with Gasteiger partial charge in [-0.15, -0.1) is 0 Å². The topological polar surface area (TPSA) is 70.6 Å². The van der Waals surface area contributed by atoms with Crippen LogP contribution in [0.4, 0.5) is 13.2 Å². The molecule has 0 aromatic carbocycles. The van der Waals surface area contributed by atoms with E-state index in [1.807, 2.05) is 0 Å². The van der Waals surface area contributed by atoms with E-state index in [4.69, 9.17) is 10.9 Å². The van der Waals surface area contributed by atoms with Gasteiger partial charge < -0.3 is 16.3 Å². The standard InChI is InChI=1S/C12H22F3N3O/c1-11(2)5-3-8(4-6-11)17-7-9(10(16)18-19)12(13,14)15/h8-9,17,19H,3-7H2,1-2H3,(H2,16,18). The van der Waals surface area contributed by atoms with E-state index in [0.29, 0.717) is 0 Å². The molecule has 1 aliphatic rings. The predicted molar refractivity (Wildman–Crippen MR) is 67.0 cm³/mol. The molecule has 19 heavy (non-hydrogen) atoms. The summed E-state index contributed by atoms with van der Waals surface area (Å²) in [4.78, 5) is 0. The summed E-state index contributed by atoms with van der Waals surface area (Å²) < 4.78 is 38.2. The first kappa shape index (κ1) is 16.1. The molecule has 0 bridgehead atoms. The minimum atomic E-state index is -4.50. The molecular weight excluding hydrogens is 259 g/mol. The first-order valence-electron chi connectivity index (χ1n) is 6.43. The minimum absolute atomic E-state index is 0.0735. The van der Waals surface area contributed by atoms with Gasteiger partial charge in [0.2, 0.25) is 0 Å². The van der Waals surface area contributed by atoms with Gasteiger partial charge in [-0.3, -0.25) is 0 Å². The molecule has 1 unspecified atom stereocenters. The molecule has 4 nitrogen and oxygen atoms in total. The Hall–Kier alpha value is -0.980. The lowest BCUT2D eigenvalue weighted by molar-refractivity contribution is -0.155. The van der Waals surface area contributed by atoms with Crippen LogP contribution in [-0.2, 0) is 0 Å². The molecule has 0 aromatic rings. The van der Waals surface area contributed by atoms with Crippen molar-refractivity contribution in [3.63, 3.8) is 0 Å². The van der Waals surface area contributed by atoms with Crippen molar-refractivity contribution in [2.75, 3.05) is 6.54 Å². The second-order valence-corrected chi connectivity index (χ2v) is 5.97. The highest BCUT2D eigenvalue weighted by molar-refractivity contribution is 5.83. The molecule has 0 aliphatic heterocycles. The summed E-state index contributed by atoms with van der Waals surface area (Å²) >= 11 is 0. The van der Waals surface area contributed by atoms with Gasteiger partial charge in [0, 0.05) is 12.6 Å². The fraction of sp³-hybridized carbons (Fsp3) is 0.917. The monoisotopic (exact) mass is 281 g/mol. The molecule has 7 heteroatoms. The van der Waals surface area contributed by atoms with E-state index in [9.17, 15) is 13.2 Å². The van der Waals surface area contributed by atoms with Crippen LogP contribution in [0.25, 0.3) is 0 Å². The van der Waals surface area contributed by atoms with Gasteiger partial charge in [0.1, 0.15) is 5.92 Å². The summed E-state index contributed by atoms with van der Waals surface area (Å²) in [6.45, 7) is 3.99. The summed E-state index contributed by atoms with van der Waals surface area (Å²) in [6, 6.07) is 0.0735. The number of rotatable bonds is 4. The molecule has 1 fully saturated rings. The molecule has 4 N–H and O–H groups in total. The normalized spacial score (nSPS) is 23.3. The first-order chi connectivity index (χ1) is 8.65. The fourth-order valence-electron chi connectivity index (χ4n) is 2.35. The van der Waals surface area contributed by atoms with Crippen molar-refractivity contribution in [1.82, 2.24) is 5.32 Å². The Labute approximate surface area is 111 Å². The zero-order valence-electron chi connectivity index (χ0n) is 11.3. The third kappa shape index (κ3) is 4.89. The van der Waals surface area contributed by atoms with Crippen LogP contribution in [0.5, 0.6) is 0 Å². The van der Waals surface area contributed by atoms with Crippen molar-refractivity contribution < 1.29 is 18.4 Å². The zero-order valence-corrected chi connectivity index (χ0v) is 11.3. The Balaban J connectivity index is 2.50. The number of nitrogens with two attached hydrogens (primary N) is 1. The van der Waals surface area contributed by atoms with Crippen LogP contribution < -0.4 is 11.1 Å². The lowest BCUT2D eigenvalue weighted by atomic mass is 9.75. The van der Waals surface area contributed by atoms with Gasteiger partial charge in [-0.25, -0.2) is 0 Å². The fourth-order valence-corrected chi connectivity index (χ4v) is 2.35. The summed E-state index contributed by atoms with van der Waals surface area (Å²) in [5.41, 5.74) is 5.37. The molecule has 0 radical (unpaired) electrons. The molecule has 0 amide bonds. The van der Waals surface area contributed by atoms with Crippen molar-refractivity contribution >= 4 is 5.84 Å². The van der Waals surface area contributed by atoms with Crippen LogP contribution in [0, 0.1) is 11.3 Å². The SMILES string of the molecule is CC1(C)CCC(NCC(C(N)=NO)C(F)(F)F)CC1. The number of hydrogen-bond acceptors (Lipinski definition) is 3. The highest BCUT2D eigenvalue weighted by Crippen LogP contribution is 2.35. The Bertz CT molecular complexity index is 319. The van der Waals surface area contributed by atoms with Crippen molar-refractivity contribution in [2.45, 2.75) is 51.7 Å². The zero-order chi connectivity index (χ0) is 14.7. The molecule has 1 saturated carbocycles. The Morgan fingerprint density at radius 2 is 1.95 bits per heavy atom. The van der Waals surface area contributed by atoms with Crippen molar-refractivity contribution in [3.05, 3.63) is 0 Å². The van der Waals surface area contributed by atoms with Gasteiger partial charge in [0.25, 0.3) is 0 Å². The maximum absolute atomic E-state index is 12.7. The smallest absolute Gasteiger partial charge is 0.400 e. The average Bonchev–Trinajstić information content (AvgIpc) is 2.29. The number of halogens is 3. The van der Waals surface area contributed by atoms with E-state index in [0.717, 1.165) is 25.7 Å². The second-order valence-electron chi connectivity index (χ2n) is 5.97. The molecule has 0 heterocycles. The van der Waals surface area contributed by atoms with Crippen molar-refractivity contribution in [1.29, 1.82) is 0 Å². The van der Waals surface area contributed by atoms with E-state index >= 15 is 0 Å². The van der Waals surface area contributed by atoms with Crippen LogP contribution in [-0.4, -0.2) is 29.8 Å². The Kier molecular flexibility index (Phi) is 5.06. The molecule has 0 saturated heterocycles. The lowest BCUT2D eigenvalue weighted by Gasteiger charge is -2.35. The van der Waals surface area contributed by atoms with Crippen LogP contribution in [0.2, 0.25) is 0 Å². The molecular formula is C12H22F3N3O. The van der Waals surface area contributed by atoms with E-state index in [1.54, 1.807) is 0 Å². The largest absolute Gasteiger partial charge is 0.409 e. The Morgan fingerprint density at radius 3 is 2.37 bits per heavy atom. The van der Waals surface area contributed by atoms with E-state index in [-0.39, 0.29) is 18.0 Å². The number of amidine groups is 1. The maximum atomic E-state index is 12.7. The highest BCUT2D eigenvalue weighted by Gasteiger charge is 2.43. The predicted octanol–water partition coefficient (Wildman–Crippen LogP) is 2.47. The van der Waals surface area contributed by atoms with Crippen LogP contribution >= 0.6 is 0 Å². The number of nitrogens with one attached hydrogen (secondary N) is 1. The molecule has 0 spiro atoms. The van der Waals surface area contributed by atoms with E-state index in [2.05, 4.69) is 24.3 Å². The number of hydrogen-bond donors (Lipinski definition) is 3. The van der Waals surface area contributed by atoms with Gasteiger partial charge in [-0.05, 0) is 31.1 Å². The van der Waals surface area contributed by atoms with Gasteiger partial charge in [-0.1, -0.05) is 19.0 Å². The minimum Gasteiger partial charge on any atom is -0.409 e. The van der Waals surface area contributed by atoms with Crippen LogP contribution in [0.1, 0.15) is 39.5 Å². The Morgan fingerprint density at radius 1 is 1.42 bits per heavy atom. The van der Waals surface area contributed by atoms with Crippen LogP contribution in [0.3, 0.4) is 0 Å². The van der Waals surface area contributed by atoms with Gasteiger partial charge in [0.15, 0.2) is 5.84 Å². The van der Waals surface area contributed by atoms with Crippen molar-refractivity contribution in [3.8, 4) is 0 Å². The molecule has 1 atom stereocenters. The van der Waals surface area contributed by atoms with E-state index < -0.39 is 17.9 Å². The van der Waals surface area contributed by atoms with Gasteiger partial charge in [-0.2, -0.15) is 13.2 Å². The summed E-state index contributed by atoms with van der Waals surface area (Å²) in [5.74, 6) is -2.73. The first-order valence-corrected chi connectivity index (χ1v) is 6.43. The molecule has 0 aromatic heterocycles. The molecule has 1 aliphatic carbocycles. The lowest BCUT2D eigenvalue weighted by Crippen LogP contribution is -2.46. The summed E-state index contributed by atoms with van der Waals surface area (Å²) in [7, 11) is 0. The molecule has 112 valence electrons. The number of oxime groups is 1. The van der Waals surface area contributed by atoms with Gasteiger partial charge >= 0.3 is 6.18 Å². The summed E-state index contributed by atoms with van der Waals surface area (Å²) in [5, 5.41) is 13.8. The average molecular weight is 281 g/mol.